The quantitative estimate of drug-likeness (QED) is 0.768. The van der Waals surface area contributed by atoms with E-state index in [0.717, 1.165) is 24.3 Å². The largest absolute Gasteiger partial charge is 0.212 e. The van der Waals surface area contributed by atoms with E-state index < -0.39 is 0 Å². The first-order chi connectivity index (χ1) is 7.60. The van der Waals surface area contributed by atoms with E-state index in [-0.39, 0.29) is 0 Å². The first-order valence-corrected chi connectivity index (χ1v) is 6.02. The van der Waals surface area contributed by atoms with E-state index in [1.165, 1.54) is 5.56 Å². The molecule has 4 heteroatoms. The highest BCUT2D eigenvalue weighted by molar-refractivity contribution is 6.29. The highest BCUT2D eigenvalue weighted by Crippen LogP contribution is 2.17. The van der Waals surface area contributed by atoms with Crippen molar-refractivity contribution < 1.29 is 0 Å². The zero-order valence-corrected chi connectivity index (χ0v) is 10.6. The fourth-order valence-electron chi connectivity index (χ4n) is 1.78. The summed E-state index contributed by atoms with van der Waals surface area (Å²) in [6, 6.07) is 4.04. The zero-order chi connectivity index (χ0) is 11.7. The molecule has 0 unspecified atom stereocenters. The van der Waals surface area contributed by atoms with Gasteiger partial charge in [-0.05, 0) is 30.0 Å². The summed E-state index contributed by atoms with van der Waals surface area (Å²) >= 11 is 6.18. The Morgan fingerprint density at radius 2 is 2.12 bits per heavy atom. The van der Waals surface area contributed by atoms with Gasteiger partial charge in [-0.1, -0.05) is 32.4 Å². The molecule has 0 spiro atoms. The number of hydrogen-bond donors (Lipinski definition) is 0. The van der Waals surface area contributed by atoms with Crippen LogP contribution in [0.1, 0.15) is 32.2 Å². The fraction of sp³-hybridized carbons (Fsp3) is 0.500. The van der Waals surface area contributed by atoms with Crippen molar-refractivity contribution in [3.8, 4) is 0 Å². The van der Waals surface area contributed by atoms with Gasteiger partial charge in [-0.3, -0.25) is 0 Å². The Labute approximate surface area is 100 Å². The Morgan fingerprint density at radius 1 is 1.38 bits per heavy atom. The van der Waals surface area contributed by atoms with Crippen LogP contribution in [-0.4, -0.2) is 14.6 Å². The van der Waals surface area contributed by atoms with Crippen molar-refractivity contribution in [1.29, 1.82) is 0 Å². The summed E-state index contributed by atoms with van der Waals surface area (Å²) in [5.74, 6) is 1.45. The van der Waals surface area contributed by atoms with Crippen molar-refractivity contribution in [2.45, 2.75) is 33.6 Å². The second-order valence-electron chi connectivity index (χ2n) is 4.44. The van der Waals surface area contributed by atoms with Gasteiger partial charge in [0.05, 0.1) is 0 Å². The molecular formula is C12H16ClN3. The maximum Gasteiger partial charge on any atom is 0.157 e. The van der Waals surface area contributed by atoms with Gasteiger partial charge in [0, 0.05) is 6.42 Å². The molecule has 0 aromatic carbocycles. The van der Waals surface area contributed by atoms with Crippen LogP contribution in [0.25, 0.3) is 5.65 Å². The van der Waals surface area contributed by atoms with Gasteiger partial charge in [0.2, 0.25) is 0 Å². The lowest BCUT2D eigenvalue weighted by Gasteiger charge is -2.05. The third kappa shape index (κ3) is 2.19. The van der Waals surface area contributed by atoms with Crippen LogP contribution in [-0.2, 0) is 12.8 Å². The first-order valence-electron chi connectivity index (χ1n) is 5.64. The molecule has 16 heavy (non-hydrogen) atoms. The second kappa shape index (κ2) is 4.42. The molecule has 0 saturated heterocycles. The normalized spacial score (nSPS) is 11.6. The SMILES string of the molecule is CCc1nc2cc(CC(C)C)cc(Cl)n2n1. The van der Waals surface area contributed by atoms with Crippen molar-refractivity contribution >= 4 is 17.2 Å². The van der Waals surface area contributed by atoms with Crippen LogP contribution >= 0.6 is 11.6 Å². The van der Waals surface area contributed by atoms with E-state index in [1.54, 1.807) is 4.52 Å². The minimum Gasteiger partial charge on any atom is -0.212 e. The molecule has 0 atom stereocenters. The maximum atomic E-state index is 6.18. The summed E-state index contributed by atoms with van der Waals surface area (Å²) in [6.07, 6.45) is 1.85. The van der Waals surface area contributed by atoms with Gasteiger partial charge in [-0.15, -0.1) is 5.10 Å². The Morgan fingerprint density at radius 3 is 2.75 bits per heavy atom. The predicted octanol–water partition coefficient (Wildman–Crippen LogP) is 3.14. The number of fused-ring (bicyclic) bond motifs is 1. The maximum absolute atomic E-state index is 6.18. The molecule has 86 valence electrons. The molecular weight excluding hydrogens is 222 g/mol. The monoisotopic (exact) mass is 237 g/mol. The molecule has 2 rings (SSSR count). The highest BCUT2D eigenvalue weighted by Gasteiger charge is 2.08. The number of rotatable bonds is 3. The Hall–Kier alpha value is -1.09. The first kappa shape index (κ1) is 11.4. The fourth-order valence-corrected chi connectivity index (χ4v) is 2.04. The van der Waals surface area contributed by atoms with Gasteiger partial charge in [-0.25, -0.2) is 9.50 Å². The zero-order valence-electron chi connectivity index (χ0n) is 9.87. The molecule has 0 saturated carbocycles. The van der Waals surface area contributed by atoms with Gasteiger partial charge in [0.1, 0.15) is 5.15 Å². The van der Waals surface area contributed by atoms with Crippen molar-refractivity contribution in [3.05, 3.63) is 28.7 Å². The predicted molar refractivity (Wildman–Crippen MR) is 65.9 cm³/mol. The molecule has 3 nitrogen and oxygen atoms in total. The van der Waals surface area contributed by atoms with Crippen molar-refractivity contribution in [2.75, 3.05) is 0 Å². The molecule has 0 fully saturated rings. The van der Waals surface area contributed by atoms with E-state index >= 15 is 0 Å². The van der Waals surface area contributed by atoms with Crippen LogP contribution in [0.15, 0.2) is 12.1 Å². The molecule has 2 aromatic heterocycles. The number of aryl methyl sites for hydroxylation is 1. The standard InChI is InChI=1S/C12H16ClN3/c1-4-11-14-12-7-9(5-8(2)3)6-10(13)16(12)15-11/h6-8H,4-5H2,1-3H3. The Bertz CT molecular complexity index is 502. The van der Waals surface area contributed by atoms with Gasteiger partial charge in [0.25, 0.3) is 0 Å². The van der Waals surface area contributed by atoms with Crippen LogP contribution in [0.3, 0.4) is 0 Å². The van der Waals surface area contributed by atoms with Crippen LogP contribution in [0.5, 0.6) is 0 Å². The van der Waals surface area contributed by atoms with Crippen LogP contribution in [0, 0.1) is 5.92 Å². The minimum absolute atomic E-state index is 0.618. The topological polar surface area (TPSA) is 30.2 Å². The molecule has 0 amide bonds. The second-order valence-corrected chi connectivity index (χ2v) is 4.82. The lowest BCUT2D eigenvalue weighted by Crippen LogP contribution is -1.97. The highest BCUT2D eigenvalue weighted by atomic mass is 35.5. The molecule has 2 heterocycles. The lowest BCUT2D eigenvalue weighted by atomic mass is 10.0. The van der Waals surface area contributed by atoms with Crippen molar-refractivity contribution in [2.24, 2.45) is 5.92 Å². The molecule has 0 aliphatic heterocycles. The third-order valence-electron chi connectivity index (χ3n) is 2.46. The lowest BCUT2D eigenvalue weighted by molar-refractivity contribution is 0.646. The average molecular weight is 238 g/mol. The molecule has 0 aliphatic rings. The summed E-state index contributed by atoms with van der Waals surface area (Å²) in [6.45, 7) is 6.43. The number of pyridine rings is 1. The van der Waals surface area contributed by atoms with Crippen molar-refractivity contribution in [3.63, 3.8) is 0 Å². The van der Waals surface area contributed by atoms with E-state index in [0.29, 0.717) is 11.1 Å². The van der Waals surface area contributed by atoms with Crippen LogP contribution in [0.2, 0.25) is 5.15 Å². The van der Waals surface area contributed by atoms with Crippen molar-refractivity contribution in [1.82, 2.24) is 14.6 Å². The minimum atomic E-state index is 0.618. The van der Waals surface area contributed by atoms with E-state index in [4.69, 9.17) is 11.6 Å². The smallest absolute Gasteiger partial charge is 0.157 e. The molecule has 0 N–H and O–H groups in total. The summed E-state index contributed by atoms with van der Waals surface area (Å²) in [5.41, 5.74) is 2.07. The summed E-state index contributed by atoms with van der Waals surface area (Å²) in [5, 5.41) is 4.96. The molecule has 0 bridgehead atoms. The van der Waals surface area contributed by atoms with E-state index in [1.807, 2.05) is 13.0 Å². The summed E-state index contributed by atoms with van der Waals surface area (Å²) < 4.78 is 1.70. The molecule has 0 radical (unpaired) electrons. The molecule has 2 aromatic rings. The van der Waals surface area contributed by atoms with Crippen LogP contribution < -0.4 is 0 Å². The average Bonchev–Trinajstić information content (AvgIpc) is 2.60. The van der Waals surface area contributed by atoms with Gasteiger partial charge >= 0.3 is 0 Å². The van der Waals surface area contributed by atoms with E-state index in [2.05, 4.69) is 30.0 Å². The number of hydrogen-bond acceptors (Lipinski definition) is 2. The number of nitrogens with zero attached hydrogens (tertiary/aromatic N) is 3. The Kier molecular flexibility index (Phi) is 3.15. The summed E-state index contributed by atoms with van der Waals surface area (Å²) in [7, 11) is 0. The molecule has 0 aliphatic carbocycles. The van der Waals surface area contributed by atoms with Gasteiger partial charge in [-0.2, -0.15) is 0 Å². The number of aromatic nitrogens is 3. The van der Waals surface area contributed by atoms with Gasteiger partial charge in [0.15, 0.2) is 11.5 Å². The van der Waals surface area contributed by atoms with Crippen LogP contribution in [0.4, 0.5) is 0 Å². The third-order valence-corrected chi connectivity index (χ3v) is 2.73. The van der Waals surface area contributed by atoms with Gasteiger partial charge < -0.3 is 0 Å². The Balaban J connectivity index is 2.48. The number of halogens is 1. The van der Waals surface area contributed by atoms with E-state index in [9.17, 15) is 0 Å². The summed E-state index contributed by atoms with van der Waals surface area (Å²) in [4.78, 5) is 4.43.